The van der Waals surface area contributed by atoms with Gasteiger partial charge in [0.05, 0.1) is 11.7 Å². The molecule has 0 bridgehead atoms. The van der Waals surface area contributed by atoms with Gasteiger partial charge in [0.1, 0.15) is 0 Å². The highest BCUT2D eigenvalue weighted by Crippen LogP contribution is 2.40. The summed E-state index contributed by atoms with van der Waals surface area (Å²) in [6.07, 6.45) is 3.95. The van der Waals surface area contributed by atoms with Crippen molar-refractivity contribution in [3.05, 3.63) is 63.9 Å². The van der Waals surface area contributed by atoms with Gasteiger partial charge in [-0.3, -0.25) is 16.3 Å². The minimum atomic E-state index is 0.103. The number of pyridine rings is 1. The van der Waals surface area contributed by atoms with Crippen molar-refractivity contribution >= 4 is 15.9 Å². The molecule has 98 valence electrons. The second-order valence-electron chi connectivity index (χ2n) is 4.96. The summed E-state index contributed by atoms with van der Waals surface area (Å²) in [7, 11) is 0. The molecule has 0 spiro atoms. The molecule has 2 unspecified atom stereocenters. The Kier molecular flexibility index (Phi) is 3.64. The highest BCUT2D eigenvalue weighted by Gasteiger charge is 2.28. The second kappa shape index (κ2) is 5.41. The molecule has 4 heteroatoms. The van der Waals surface area contributed by atoms with E-state index in [-0.39, 0.29) is 6.04 Å². The summed E-state index contributed by atoms with van der Waals surface area (Å²) in [5.41, 5.74) is 6.81. The number of aromatic nitrogens is 1. The number of fused-ring (bicyclic) bond motifs is 1. The number of nitrogens with one attached hydrogen (secondary N) is 1. The summed E-state index contributed by atoms with van der Waals surface area (Å²) in [6.45, 7) is 0. The number of hydrogen-bond acceptors (Lipinski definition) is 3. The number of rotatable bonds is 4. The molecule has 1 heterocycles. The zero-order chi connectivity index (χ0) is 13.2. The van der Waals surface area contributed by atoms with Gasteiger partial charge < -0.3 is 0 Å². The van der Waals surface area contributed by atoms with E-state index in [0.717, 1.165) is 23.0 Å². The van der Waals surface area contributed by atoms with Crippen molar-refractivity contribution in [2.75, 3.05) is 0 Å². The highest BCUT2D eigenvalue weighted by molar-refractivity contribution is 9.10. The summed E-state index contributed by atoms with van der Waals surface area (Å²) in [5, 5.41) is 0. The number of halogens is 1. The summed E-state index contributed by atoms with van der Waals surface area (Å²) >= 11 is 3.40. The van der Waals surface area contributed by atoms with Gasteiger partial charge in [-0.25, -0.2) is 0 Å². The average molecular weight is 318 g/mol. The lowest BCUT2D eigenvalue weighted by Gasteiger charge is -2.32. The Morgan fingerprint density at radius 3 is 2.84 bits per heavy atom. The molecular weight excluding hydrogens is 302 g/mol. The molecule has 3 nitrogen and oxygen atoms in total. The first-order valence-corrected chi connectivity index (χ1v) is 7.22. The maximum absolute atomic E-state index is 5.69. The average Bonchev–Trinajstić information content (AvgIpc) is 2.42. The van der Waals surface area contributed by atoms with Gasteiger partial charge in [-0.05, 0) is 57.9 Å². The van der Waals surface area contributed by atoms with Crippen molar-refractivity contribution in [1.29, 1.82) is 0 Å². The summed E-state index contributed by atoms with van der Waals surface area (Å²) < 4.78 is 0.987. The summed E-state index contributed by atoms with van der Waals surface area (Å²) in [6, 6.07) is 12.7. The van der Waals surface area contributed by atoms with Gasteiger partial charge in [-0.15, -0.1) is 0 Å². The molecule has 3 rings (SSSR count). The minimum Gasteiger partial charge on any atom is -0.271 e. The van der Waals surface area contributed by atoms with Crippen LogP contribution >= 0.6 is 15.9 Å². The van der Waals surface area contributed by atoms with Crippen LogP contribution in [0.4, 0.5) is 0 Å². The van der Waals surface area contributed by atoms with Crippen LogP contribution in [0.25, 0.3) is 0 Å². The van der Waals surface area contributed by atoms with Crippen molar-refractivity contribution in [3.63, 3.8) is 0 Å². The predicted molar refractivity (Wildman–Crippen MR) is 79.5 cm³/mol. The molecule has 0 amide bonds. The van der Waals surface area contributed by atoms with Gasteiger partial charge in [0.15, 0.2) is 0 Å². The Bertz CT molecular complexity index is 568. The third-order valence-corrected chi connectivity index (χ3v) is 4.26. The number of benzene rings is 1. The molecule has 1 aromatic carbocycles. The summed E-state index contributed by atoms with van der Waals surface area (Å²) in [4.78, 5) is 4.43. The normalized spacial score (nSPS) is 18.5. The maximum Gasteiger partial charge on any atom is 0.0638 e. The molecule has 3 N–H and O–H groups in total. The van der Waals surface area contributed by atoms with Crippen molar-refractivity contribution in [2.45, 2.75) is 24.8 Å². The van der Waals surface area contributed by atoms with E-state index in [1.54, 1.807) is 0 Å². The first-order valence-electron chi connectivity index (χ1n) is 6.43. The van der Waals surface area contributed by atoms with E-state index in [9.17, 15) is 0 Å². The standard InChI is InChI=1S/C15H16BrN3/c16-12-5-6-14(18-9-12)15(19-17)8-11-7-10-3-1-2-4-13(10)11/h1-6,9,11,15,19H,7-8,17H2. The molecule has 0 fully saturated rings. The maximum atomic E-state index is 5.69. The molecule has 1 aromatic heterocycles. The van der Waals surface area contributed by atoms with Gasteiger partial charge in [0.25, 0.3) is 0 Å². The molecular formula is C15H16BrN3. The quantitative estimate of drug-likeness (QED) is 0.673. The van der Waals surface area contributed by atoms with Gasteiger partial charge >= 0.3 is 0 Å². The summed E-state index contributed by atoms with van der Waals surface area (Å²) in [5.74, 6) is 6.27. The van der Waals surface area contributed by atoms with Gasteiger partial charge in [-0.1, -0.05) is 24.3 Å². The minimum absolute atomic E-state index is 0.103. The van der Waals surface area contributed by atoms with Crippen LogP contribution < -0.4 is 11.3 Å². The molecule has 2 aromatic rings. The predicted octanol–water partition coefficient (Wildman–Crippen LogP) is 3.08. The van der Waals surface area contributed by atoms with Crippen LogP contribution in [0.3, 0.4) is 0 Å². The Hall–Kier alpha value is -1.23. The fourth-order valence-electron chi connectivity index (χ4n) is 2.73. The van der Waals surface area contributed by atoms with Crippen molar-refractivity contribution in [2.24, 2.45) is 5.84 Å². The van der Waals surface area contributed by atoms with E-state index in [1.807, 2.05) is 18.3 Å². The van der Waals surface area contributed by atoms with Crippen LogP contribution in [-0.4, -0.2) is 4.98 Å². The molecule has 1 aliphatic carbocycles. The molecule has 1 aliphatic rings. The van der Waals surface area contributed by atoms with Crippen LogP contribution in [0, 0.1) is 0 Å². The van der Waals surface area contributed by atoms with Crippen molar-refractivity contribution < 1.29 is 0 Å². The van der Waals surface area contributed by atoms with E-state index < -0.39 is 0 Å². The van der Waals surface area contributed by atoms with E-state index in [2.05, 4.69) is 50.6 Å². The van der Waals surface area contributed by atoms with Crippen LogP contribution in [0.2, 0.25) is 0 Å². The van der Waals surface area contributed by atoms with E-state index in [1.165, 1.54) is 11.1 Å². The van der Waals surface area contributed by atoms with Crippen LogP contribution in [0.15, 0.2) is 47.1 Å². The Balaban J connectivity index is 1.73. The highest BCUT2D eigenvalue weighted by atomic mass is 79.9. The number of hydrazine groups is 1. The van der Waals surface area contributed by atoms with Gasteiger partial charge in [-0.2, -0.15) is 0 Å². The first kappa shape index (κ1) is 12.8. The Morgan fingerprint density at radius 1 is 1.32 bits per heavy atom. The van der Waals surface area contributed by atoms with Crippen LogP contribution in [0.5, 0.6) is 0 Å². The van der Waals surface area contributed by atoms with Gasteiger partial charge in [0, 0.05) is 10.7 Å². The number of hydrogen-bond donors (Lipinski definition) is 2. The molecule has 0 aliphatic heterocycles. The monoisotopic (exact) mass is 317 g/mol. The lowest BCUT2D eigenvalue weighted by atomic mass is 9.74. The second-order valence-corrected chi connectivity index (χ2v) is 5.87. The van der Waals surface area contributed by atoms with E-state index >= 15 is 0 Å². The Morgan fingerprint density at radius 2 is 2.16 bits per heavy atom. The topological polar surface area (TPSA) is 50.9 Å². The van der Waals surface area contributed by atoms with E-state index in [4.69, 9.17) is 5.84 Å². The molecule has 0 radical (unpaired) electrons. The number of nitrogens with two attached hydrogens (primary N) is 1. The third kappa shape index (κ3) is 2.56. The SMILES string of the molecule is NNC(CC1Cc2ccccc21)c1ccc(Br)cn1. The van der Waals surface area contributed by atoms with Crippen molar-refractivity contribution in [3.8, 4) is 0 Å². The lowest BCUT2D eigenvalue weighted by Crippen LogP contribution is -2.32. The third-order valence-electron chi connectivity index (χ3n) is 3.79. The van der Waals surface area contributed by atoms with Crippen LogP contribution in [-0.2, 0) is 6.42 Å². The van der Waals surface area contributed by atoms with Crippen LogP contribution in [0.1, 0.15) is 35.2 Å². The number of nitrogens with zero attached hydrogens (tertiary/aromatic N) is 1. The molecule has 2 atom stereocenters. The molecule has 19 heavy (non-hydrogen) atoms. The zero-order valence-corrected chi connectivity index (χ0v) is 12.1. The largest absolute Gasteiger partial charge is 0.271 e. The van der Waals surface area contributed by atoms with E-state index in [0.29, 0.717) is 5.92 Å². The fraction of sp³-hybridized carbons (Fsp3) is 0.267. The Labute approximate surface area is 121 Å². The zero-order valence-electron chi connectivity index (χ0n) is 10.5. The molecule has 0 saturated carbocycles. The first-order chi connectivity index (χ1) is 9.28. The fourth-order valence-corrected chi connectivity index (χ4v) is 2.96. The molecule has 0 saturated heterocycles. The smallest absolute Gasteiger partial charge is 0.0638 e. The lowest BCUT2D eigenvalue weighted by molar-refractivity contribution is 0.428. The van der Waals surface area contributed by atoms with Crippen molar-refractivity contribution in [1.82, 2.24) is 10.4 Å². The van der Waals surface area contributed by atoms with Gasteiger partial charge in [0.2, 0.25) is 0 Å².